The van der Waals surface area contributed by atoms with Crippen LogP contribution in [0.15, 0.2) is 12.1 Å². The fraction of sp³-hybridized carbons (Fsp3) is 0.273. The third-order valence-corrected chi connectivity index (χ3v) is 2.33. The van der Waals surface area contributed by atoms with Crippen LogP contribution in [0.3, 0.4) is 0 Å². The SMILES string of the molecule is CC(=O)c1ccc(C(F)(F)F)c(C=O)c1C(F)(F)F. The van der Waals surface area contributed by atoms with Crippen LogP contribution in [0.25, 0.3) is 0 Å². The van der Waals surface area contributed by atoms with Crippen LogP contribution < -0.4 is 0 Å². The van der Waals surface area contributed by atoms with Crippen molar-refractivity contribution in [3.05, 3.63) is 34.4 Å². The number of benzene rings is 1. The van der Waals surface area contributed by atoms with E-state index in [9.17, 15) is 35.9 Å². The minimum atomic E-state index is -5.24. The first-order valence-electron chi connectivity index (χ1n) is 4.77. The highest BCUT2D eigenvalue weighted by Crippen LogP contribution is 2.40. The molecule has 0 amide bonds. The van der Waals surface area contributed by atoms with E-state index < -0.39 is 46.7 Å². The van der Waals surface area contributed by atoms with Crippen LogP contribution in [0.5, 0.6) is 0 Å². The Morgan fingerprint density at radius 1 is 1.05 bits per heavy atom. The molecule has 0 saturated carbocycles. The minimum Gasteiger partial charge on any atom is -0.298 e. The van der Waals surface area contributed by atoms with E-state index in [0.717, 1.165) is 6.92 Å². The lowest BCUT2D eigenvalue weighted by atomic mass is 9.94. The maximum atomic E-state index is 12.7. The summed E-state index contributed by atoms with van der Waals surface area (Å²) in [6.45, 7) is 0.770. The molecule has 8 heteroatoms. The van der Waals surface area contributed by atoms with Gasteiger partial charge in [0.05, 0.1) is 11.1 Å². The second-order valence-corrected chi connectivity index (χ2v) is 3.62. The normalized spacial score (nSPS) is 12.4. The third kappa shape index (κ3) is 2.94. The summed E-state index contributed by atoms with van der Waals surface area (Å²) in [5, 5.41) is 0. The summed E-state index contributed by atoms with van der Waals surface area (Å²) in [6.07, 6.45) is -10.9. The lowest BCUT2D eigenvalue weighted by Crippen LogP contribution is -2.20. The van der Waals surface area contributed by atoms with Crippen LogP contribution in [0, 0.1) is 0 Å². The predicted molar refractivity (Wildman–Crippen MR) is 51.8 cm³/mol. The number of ketones is 1. The van der Waals surface area contributed by atoms with Gasteiger partial charge < -0.3 is 0 Å². The summed E-state index contributed by atoms with van der Waals surface area (Å²) in [7, 11) is 0. The molecule has 104 valence electrons. The molecule has 0 fully saturated rings. The smallest absolute Gasteiger partial charge is 0.298 e. The number of rotatable bonds is 2. The summed E-state index contributed by atoms with van der Waals surface area (Å²) in [4.78, 5) is 21.6. The highest BCUT2D eigenvalue weighted by molar-refractivity contribution is 5.98. The van der Waals surface area contributed by atoms with Gasteiger partial charge in [0.15, 0.2) is 12.1 Å². The fourth-order valence-electron chi connectivity index (χ4n) is 1.59. The van der Waals surface area contributed by atoms with Crippen molar-refractivity contribution in [2.75, 3.05) is 0 Å². The van der Waals surface area contributed by atoms with Gasteiger partial charge >= 0.3 is 12.4 Å². The molecule has 19 heavy (non-hydrogen) atoms. The number of hydrogen-bond acceptors (Lipinski definition) is 2. The van der Waals surface area contributed by atoms with Gasteiger partial charge in [0.2, 0.25) is 0 Å². The largest absolute Gasteiger partial charge is 0.417 e. The lowest BCUT2D eigenvalue weighted by Gasteiger charge is -2.17. The zero-order valence-corrected chi connectivity index (χ0v) is 9.32. The lowest BCUT2D eigenvalue weighted by molar-refractivity contribution is -0.143. The number of carbonyl (C=O) groups excluding carboxylic acids is 2. The minimum absolute atomic E-state index is 0.287. The van der Waals surface area contributed by atoms with Gasteiger partial charge in [0.25, 0.3) is 0 Å². The first kappa shape index (κ1) is 15.2. The molecule has 0 aromatic heterocycles. The molecule has 0 radical (unpaired) electrons. The van der Waals surface area contributed by atoms with Crippen molar-refractivity contribution < 1.29 is 35.9 Å². The van der Waals surface area contributed by atoms with Crippen LogP contribution in [0.4, 0.5) is 26.3 Å². The quantitative estimate of drug-likeness (QED) is 0.471. The molecule has 0 aliphatic rings. The van der Waals surface area contributed by atoms with Crippen LogP contribution >= 0.6 is 0 Å². The number of aldehydes is 1. The first-order chi connectivity index (χ1) is 8.50. The molecule has 1 aromatic rings. The second kappa shape index (κ2) is 4.67. The molecule has 0 spiro atoms. The Morgan fingerprint density at radius 3 is 1.89 bits per heavy atom. The van der Waals surface area contributed by atoms with Gasteiger partial charge in [-0.05, 0) is 13.0 Å². The van der Waals surface area contributed by atoms with E-state index in [0.29, 0.717) is 6.07 Å². The Morgan fingerprint density at radius 2 is 1.58 bits per heavy atom. The third-order valence-electron chi connectivity index (χ3n) is 2.33. The van der Waals surface area contributed by atoms with Crippen molar-refractivity contribution >= 4 is 12.1 Å². The Labute approximate surface area is 103 Å². The van der Waals surface area contributed by atoms with Crippen molar-refractivity contribution in [1.29, 1.82) is 0 Å². The van der Waals surface area contributed by atoms with Gasteiger partial charge in [-0.2, -0.15) is 26.3 Å². The molecule has 0 bridgehead atoms. The highest BCUT2D eigenvalue weighted by Gasteiger charge is 2.43. The summed E-state index contributed by atoms with van der Waals surface area (Å²) in [6, 6.07) is 0.705. The van der Waals surface area contributed by atoms with Crippen LogP contribution in [0.2, 0.25) is 0 Å². The zero-order valence-electron chi connectivity index (χ0n) is 9.32. The van der Waals surface area contributed by atoms with Crippen molar-refractivity contribution in [2.24, 2.45) is 0 Å². The highest BCUT2D eigenvalue weighted by atomic mass is 19.4. The van der Waals surface area contributed by atoms with E-state index in [-0.39, 0.29) is 6.07 Å². The number of carbonyl (C=O) groups is 2. The van der Waals surface area contributed by atoms with Crippen molar-refractivity contribution in [3.8, 4) is 0 Å². The molecule has 0 aliphatic heterocycles. The number of hydrogen-bond donors (Lipinski definition) is 0. The van der Waals surface area contributed by atoms with Crippen LogP contribution in [-0.4, -0.2) is 12.1 Å². The summed E-state index contributed by atoms with van der Waals surface area (Å²) < 4.78 is 75.8. The van der Waals surface area contributed by atoms with Gasteiger partial charge in [0, 0.05) is 11.1 Å². The van der Waals surface area contributed by atoms with Gasteiger partial charge in [-0.1, -0.05) is 6.07 Å². The Bertz CT molecular complexity index is 527. The summed E-state index contributed by atoms with van der Waals surface area (Å²) in [5.74, 6) is -1.08. The molecule has 0 atom stereocenters. The molecular weight excluding hydrogens is 278 g/mol. The van der Waals surface area contributed by atoms with E-state index in [1.165, 1.54) is 0 Å². The second-order valence-electron chi connectivity index (χ2n) is 3.62. The molecule has 0 N–H and O–H groups in total. The monoisotopic (exact) mass is 284 g/mol. The molecule has 0 aliphatic carbocycles. The molecule has 0 heterocycles. The van der Waals surface area contributed by atoms with Gasteiger partial charge in [0.1, 0.15) is 0 Å². The summed E-state index contributed by atoms with van der Waals surface area (Å²) >= 11 is 0. The predicted octanol–water partition coefficient (Wildman–Crippen LogP) is 3.74. The van der Waals surface area contributed by atoms with Gasteiger partial charge in [-0.3, -0.25) is 9.59 Å². The topological polar surface area (TPSA) is 34.1 Å². The first-order valence-corrected chi connectivity index (χ1v) is 4.77. The zero-order chi connectivity index (χ0) is 15.0. The Hall–Kier alpha value is -1.86. The number of alkyl halides is 6. The molecule has 1 aromatic carbocycles. The standard InChI is InChI=1S/C11H6F6O2/c1-5(19)6-2-3-8(10(12,13)14)7(4-18)9(6)11(15,16)17/h2-4H,1H3. The Balaban J connectivity index is 3.80. The van der Waals surface area contributed by atoms with Crippen LogP contribution in [-0.2, 0) is 12.4 Å². The van der Waals surface area contributed by atoms with E-state index >= 15 is 0 Å². The van der Waals surface area contributed by atoms with Crippen molar-refractivity contribution in [3.63, 3.8) is 0 Å². The van der Waals surface area contributed by atoms with Gasteiger partial charge in [-0.15, -0.1) is 0 Å². The van der Waals surface area contributed by atoms with E-state index in [2.05, 4.69) is 0 Å². The van der Waals surface area contributed by atoms with E-state index in [1.807, 2.05) is 0 Å². The average Bonchev–Trinajstić information content (AvgIpc) is 2.24. The van der Waals surface area contributed by atoms with Gasteiger partial charge in [-0.25, -0.2) is 0 Å². The maximum absolute atomic E-state index is 12.7. The Kier molecular flexibility index (Phi) is 3.74. The maximum Gasteiger partial charge on any atom is 0.417 e. The summed E-state index contributed by atoms with van der Waals surface area (Å²) in [5.41, 5.74) is -6.13. The fourth-order valence-corrected chi connectivity index (χ4v) is 1.59. The number of halogens is 6. The average molecular weight is 284 g/mol. The van der Waals surface area contributed by atoms with Crippen molar-refractivity contribution in [1.82, 2.24) is 0 Å². The van der Waals surface area contributed by atoms with E-state index in [1.54, 1.807) is 0 Å². The molecule has 0 unspecified atom stereocenters. The van der Waals surface area contributed by atoms with Crippen molar-refractivity contribution in [2.45, 2.75) is 19.3 Å². The van der Waals surface area contributed by atoms with Crippen LogP contribution in [0.1, 0.15) is 38.8 Å². The van der Waals surface area contributed by atoms with E-state index in [4.69, 9.17) is 0 Å². The molecule has 1 rings (SSSR count). The number of Topliss-reactive ketones (excluding diaryl/α,β-unsaturated/α-hetero) is 1. The molecular formula is C11H6F6O2. The molecule has 2 nitrogen and oxygen atoms in total. The molecule has 0 saturated heterocycles.